The van der Waals surface area contributed by atoms with Crippen LogP contribution in [0.3, 0.4) is 0 Å². The molecule has 0 saturated heterocycles. The van der Waals surface area contributed by atoms with E-state index in [0.717, 1.165) is 9.13 Å². The van der Waals surface area contributed by atoms with Gasteiger partial charge in [0.2, 0.25) is 5.90 Å². The molecule has 180 valence electrons. The van der Waals surface area contributed by atoms with Gasteiger partial charge in [-0.25, -0.2) is 9.79 Å². The fraction of sp³-hybridized carbons (Fsp3) is 0.120. The van der Waals surface area contributed by atoms with E-state index in [9.17, 15) is 4.79 Å². The highest BCUT2D eigenvalue weighted by Gasteiger charge is 2.26. The summed E-state index contributed by atoms with van der Waals surface area (Å²) in [5, 5.41) is 1.38. The van der Waals surface area contributed by atoms with Crippen molar-refractivity contribution in [1.29, 1.82) is 0 Å². The first-order valence-corrected chi connectivity index (χ1v) is 13.3. The molecule has 0 unspecified atom stereocenters. The highest BCUT2D eigenvalue weighted by Crippen LogP contribution is 2.38. The summed E-state index contributed by atoms with van der Waals surface area (Å²) in [7, 11) is 0. The average molecular weight is 708 g/mol. The molecule has 3 aromatic carbocycles. The lowest BCUT2D eigenvalue weighted by Gasteiger charge is -2.15. The first kappa shape index (κ1) is 26.3. The molecule has 1 aliphatic rings. The van der Waals surface area contributed by atoms with E-state index < -0.39 is 5.97 Å². The summed E-state index contributed by atoms with van der Waals surface area (Å²) in [5.41, 5.74) is 2.23. The molecule has 0 fully saturated rings. The minimum atomic E-state index is -0.566. The van der Waals surface area contributed by atoms with Crippen molar-refractivity contribution >= 4 is 91.3 Å². The minimum absolute atomic E-state index is 0.147. The molecule has 0 aliphatic carbocycles. The number of hydrogen-bond donors (Lipinski definition) is 0. The number of benzene rings is 3. The Balaban J connectivity index is 1.62. The van der Waals surface area contributed by atoms with Gasteiger partial charge in [-0.05, 0) is 105 Å². The Hall–Kier alpha value is -1.78. The normalized spacial score (nSPS) is 14.2. The Bertz CT molecular complexity index is 1380. The molecule has 0 radical (unpaired) electrons. The molecule has 10 heteroatoms. The topological polar surface area (TPSA) is 57.1 Å². The van der Waals surface area contributed by atoms with Gasteiger partial charge in [-0.3, -0.25) is 0 Å². The lowest BCUT2D eigenvalue weighted by molar-refractivity contribution is -0.129. The van der Waals surface area contributed by atoms with Crippen molar-refractivity contribution in [3.8, 4) is 11.5 Å². The molecule has 0 spiro atoms. The first-order valence-electron chi connectivity index (χ1n) is 10.3. The summed E-state index contributed by atoms with van der Waals surface area (Å²) in [4.78, 5) is 16.9. The maximum atomic E-state index is 12.5. The smallest absolute Gasteiger partial charge is 0.363 e. The van der Waals surface area contributed by atoms with Crippen LogP contribution in [0, 0.1) is 3.57 Å². The van der Waals surface area contributed by atoms with Crippen molar-refractivity contribution in [3.05, 3.63) is 94.0 Å². The standard InChI is InChI=1S/C25H16BrCl3INO4/c1-2-33-22-10-14(7-17(26)23(22)34-12-13-3-5-19(28)20(29)8-13)9-21-25(32)35-24(31-21)16-11-15(30)4-6-18(16)27/h3-11H,2,12H2,1H3/b21-9-. The number of halogens is 5. The monoisotopic (exact) mass is 705 g/mol. The third kappa shape index (κ3) is 6.32. The lowest BCUT2D eigenvalue weighted by Crippen LogP contribution is -2.06. The van der Waals surface area contributed by atoms with Crippen LogP contribution in [0.1, 0.15) is 23.6 Å². The zero-order valence-corrected chi connectivity index (χ0v) is 24.1. The van der Waals surface area contributed by atoms with Gasteiger partial charge in [0.1, 0.15) is 6.61 Å². The predicted molar refractivity (Wildman–Crippen MR) is 151 cm³/mol. The molecule has 1 aliphatic heterocycles. The van der Waals surface area contributed by atoms with Crippen LogP contribution in [0.15, 0.2) is 63.7 Å². The second-order valence-electron chi connectivity index (χ2n) is 7.26. The van der Waals surface area contributed by atoms with E-state index in [1.54, 1.807) is 36.4 Å². The maximum Gasteiger partial charge on any atom is 0.363 e. The fourth-order valence-electron chi connectivity index (χ4n) is 3.20. The average Bonchev–Trinajstić information content (AvgIpc) is 3.17. The Morgan fingerprint density at radius 1 is 1.03 bits per heavy atom. The number of cyclic esters (lactones) is 1. The van der Waals surface area contributed by atoms with Gasteiger partial charge in [-0.1, -0.05) is 40.9 Å². The molecule has 3 aromatic rings. The second kappa shape index (κ2) is 11.5. The van der Waals surface area contributed by atoms with Crippen LogP contribution in [-0.4, -0.2) is 18.5 Å². The van der Waals surface area contributed by atoms with Crippen molar-refractivity contribution in [1.82, 2.24) is 0 Å². The van der Waals surface area contributed by atoms with Crippen molar-refractivity contribution < 1.29 is 19.0 Å². The SMILES string of the molecule is CCOc1cc(/C=C2\N=C(c3cc(I)ccc3Cl)OC2=O)cc(Br)c1OCc1ccc(Cl)c(Cl)c1. The number of hydrogen-bond acceptors (Lipinski definition) is 5. The molecular formula is C25H16BrCl3INO4. The molecule has 4 rings (SSSR count). The largest absolute Gasteiger partial charge is 0.490 e. The van der Waals surface area contributed by atoms with E-state index in [0.29, 0.717) is 48.8 Å². The van der Waals surface area contributed by atoms with Gasteiger partial charge in [-0.15, -0.1) is 0 Å². The molecule has 0 bridgehead atoms. The molecule has 0 amide bonds. The van der Waals surface area contributed by atoms with Gasteiger partial charge in [0.15, 0.2) is 17.2 Å². The van der Waals surface area contributed by atoms with E-state index >= 15 is 0 Å². The van der Waals surface area contributed by atoms with E-state index in [4.69, 9.17) is 49.0 Å². The van der Waals surface area contributed by atoms with Crippen LogP contribution in [0.2, 0.25) is 15.1 Å². The van der Waals surface area contributed by atoms with Gasteiger partial charge < -0.3 is 14.2 Å². The quantitative estimate of drug-likeness (QED) is 0.141. The van der Waals surface area contributed by atoms with Gasteiger partial charge in [0.05, 0.1) is 31.7 Å². The zero-order valence-electron chi connectivity index (χ0n) is 18.1. The number of nitrogens with zero attached hydrogens (tertiary/aromatic N) is 1. The molecule has 0 atom stereocenters. The number of rotatable bonds is 7. The molecule has 0 saturated carbocycles. The Kier molecular flexibility index (Phi) is 8.65. The van der Waals surface area contributed by atoms with Crippen LogP contribution in [0.5, 0.6) is 11.5 Å². The van der Waals surface area contributed by atoms with E-state index in [1.807, 2.05) is 25.1 Å². The fourth-order valence-corrected chi connectivity index (χ4v) is 4.79. The summed E-state index contributed by atoms with van der Waals surface area (Å²) < 4.78 is 18.8. The molecule has 5 nitrogen and oxygen atoms in total. The Labute approximate surface area is 239 Å². The zero-order chi connectivity index (χ0) is 25.1. The van der Waals surface area contributed by atoms with Crippen LogP contribution in [-0.2, 0) is 16.1 Å². The Morgan fingerprint density at radius 3 is 2.54 bits per heavy atom. The number of ether oxygens (including phenoxy) is 3. The van der Waals surface area contributed by atoms with Crippen molar-refractivity contribution in [2.24, 2.45) is 4.99 Å². The molecule has 1 heterocycles. The van der Waals surface area contributed by atoms with Crippen LogP contribution in [0.4, 0.5) is 0 Å². The highest BCUT2D eigenvalue weighted by atomic mass is 127. The summed E-state index contributed by atoms with van der Waals surface area (Å²) in [6.07, 6.45) is 1.62. The number of esters is 1. The first-order chi connectivity index (χ1) is 16.7. The minimum Gasteiger partial charge on any atom is -0.490 e. The summed E-state index contributed by atoms with van der Waals surface area (Å²) in [6.45, 7) is 2.55. The van der Waals surface area contributed by atoms with Crippen molar-refractivity contribution in [3.63, 3.8) is 0 Å². The van der Waals surface area contributed by atoms with Gasteiger partial charge >= 0.3 is 5.97 Å². The summed E-state index contributed by atoms with van der Waals surface area (Å²) >= 11 is 24.1. The number of carbonyl (C=O) groups excluding carboxylic acids is 1. The Morgan fingerprint density at radius 2 is 1.80 bits per heavy atom. The predicted octanol–water partition coefficient (Wildman–Crippen LogP) is 8.34. The second-order valence-corrected chi connectivity index (χ2v) is 10.6. The van der Waals surface area contributed by atoms with Crippen LogP contribution in [0.25, 0.3) is 6.08 Å². The summed E-state index contributed by atoms with van der Waals surface area (Å²) in [5.74, 6) is 0.619. The van der Waals surface area contributed by atoms with Crippen LogP contribution >= 0.6 is 73.3 Å². The van der Waals surface area contributed by atoms with Gasteiger partial charge in [0, 0.05) is 3.57 Å². The molecular weight excluding hydrogens is 691 g/mol. The van der Waals surface area contributed by atoms with Gasteiger partial charge in [-0.2, -0.15) is 0 Å². The lowest BCUT2D eigenvalue weighted by atomic mass is 10.1. The van der Waals surface area contributed by atoms with Crippen LogP contribution < -0.4 is 9.47 Å². The van der Waals surface area contributed by atoms with Crippen molar-refractivity contribution in [2.45, 2.75) is 13.5 Å². The van der Waals surface area contributed by atoms with E-state index in [1.165, 1.54) is 0 Å². The van der Waals surface area contributed by atoms with Crippen molar-refractivity contribution in [2.75, 3.05) is 6.61 Å². The van der Waals surface area contributed by atoms with E-state index in [-0.39, 0.29) is 18.2 Å². The van der Waals surface area contributed by atoms with Gasteiger partial charge in [0.25, 0.3) is 0 Å². The number of aliphatic imine (C=N–C) groups is 1. The molecule has 0 N–H and O–H groups in total. The third-order valence-electron chi connectivity index (χ3n) is 4.78. The third-order valence-corrected chi connectivity index (χ3v) is 7.11. The maximum absolute atomic E-state index is 12.5. The highest BCUT2D eigenvalue weighted by molar-refractivity contribution is 14.1. The van der Waals surface area contributed by atoms with E-state index in [2.05, 4.69) is 43.5 Å². The summed E-state index contributed by atoms with van der Waals surface area (Å²) in [6, 6.07) is 14.3. The molecule has 35 heavy (non-hydrogen) atoms. The number of carbonyl (C=O) groups is 1. The molecule has 0 aromatic heterocycles.